The van der Waals surface area contributed by atoms with Gasteiger partial charge in [0.15, 0.2) is 11.5 Å². The molecule has 7 nitrogen and oxygen atoms in total. The molecule has 1 aromatic heterocycles. The summed E-state index contributed by atoms with van der Waals surface area (Å²) in [5.41, 5.74) is 1.43. The topological polar surface area (TPSA) is 77.1 Å². The van der Waals surface area contributed by atoms with Gasteiger partial charge in [-0.05, 0) is 38.0 Å². The summed E-state index contributed by atoms with van der Waals surface area (Å²) in [6.07, 6.45) is -0.0394. The van der Waals surface area contributed by atoms with E-state index in [1.54, 1.807) is 12.1 Å². The van der Waals surface area contributed by atoms with Crippen LogP contribution in [0.4, 0.5) is 5.00 Å². The van der Waals surface area contributed by atoms with E-state index in [1.807, 2.05) is 12.1 Å². The molecule has 2 aliphatic heterocycles. The normalized spacial score (nSPS) is 18.3. The molecular formula is C21H24N2O5S. The highest BCUT2D eigenvalue weighted by Gasteiger charge is 2.33. The quantitative estimate of drug-likeness (QED) is 0.772. The average Bonchev–Trinajstić information content (AvgIpc) is 3.09. The molecule has 0 bridgehead atoms. The van der Waals surface area contributed by atoms with Crippen molar-refractivity contribution in [3.63, 3.8) is 0 Å². The van der Waals surface area contributed by atoms with Crippen molar-refractivity contribution in [2.45, 2.75) is 39.0 Å². The maximum Gasteiger partial charge on any atom is 0.341 e. The van der Waals surface area contributed by atoms with Crippen LogP contribution in [0.2, 0.25) is 0 Å². The minimum absolute atomic E-state index is 0.114. The van der Waals surface area contributed by atoms with Gasteiger partial charge in [0.05, 0.1) is 12.7 Å². The Morgan fingerprint density at radius 2 is 2.03 bits per heavy atom. The number of fused-ring (bicyclic) bond motifs is 2. The molecule has 0 saturated carbocycles. The van der Waals surface area contributed by atoms with E-state index in [0.717, 1.165) is 30.0 Å². The van der Waals surface area contributed by atoms with E-state index in [9.17, 15) is 9.59 Å². The second-order valence-electron chi connectivity index (χ2n) is 7.37. The van der Waals surface area contributed by atoms with Crippen LogP contribution in [0.5, 0.6) is 11.5 Å². The van der Waals surface area contributed by atoms with Gasteiger partial charge >= 0.3 is 5.97 Å². The van der Waals surface area contributed by atoms with Gasteiger partial charge < -0.3 is 19.5 Å². The molecule has 154 valence electrons. The number of carbonyl (C=O) groups is 2. The van der Waals surface area contributed by atoms with Crippen molar-refractivity contribution in [2.24, 2.45) is 0 Å². The maximum absolute atomic E-state index is 12.9. The van der Waals surface area contributed by atoms with Crippen molar-refractivity contribution in [1.29, 1.82) is 0 Å². The summed E-state index contributed by atoms with van der Waals surface area (Å²) in [6.45, 7) is 6.05. The highest BCUT2D eigenvalue weighted by atomic mass is 32.1. The van der Waals surface area contributed by atoms with Gasteiger partial charge in [-0.3, -0.25) is 9.69 Å². The number of para-hydroxylation sites is 2. The fraction of sp³-hybridized carbons (Fsp3) is 0.429. The van der Waals surface area contributed by atoms with E-state index in [2.05, 4.69) is 24.1 Å². The first-order chi connectivity index (χ1) is 14.0. The number of methoxy groups -OCH3 is 1. The molecule has 0 radical (unpaired) electrons. The fourth-order valence-electron chi connectivity index (χ4n) is 3.61. The highest BCUT2D eigenvalue weighted by molar-refractivity contribution is 7.17. The van der Waals surface area contributed by atoms with Gasteiger partial charge in [-0.1, -0.05) is 12.1 Å². The van der Waals surface area contributed by atoms with E-state index in [1.165, 1.54) is 18.4 Å². The molecule has 1 atom stereocenters. The van der Waals surface area contributed by atoms with E-state index >= 15 is 0 Å². The van der Waals surface area contributed by atoms with Crippen molar-refractivity contribution in [2.75, 3.05) is 25.6 Å². The first kappa shape index (κ1) is 19.7. The zero-order valence-electron chi connectivity index (χ0n) is 16.7. The lowest BCUT2D eigenvalue weighted by molar-refractivity contribution is -0.125. The molecule has 1 N–H and O–H groups in total. The number of nitrogens with one attached hydrogen (secondary N) is 1. The molecule has 4 rings (SSSR count). The van der Waals surface area contributed by atoms with Crippen LogP contribution in [0.25, 0.3) is 0 Å². The molecule has 2 aliphatic rings. The number of nitrogens with zero attached hydrogens (tertiary/aromatic N) is 1. The molecule has 1 amide bonds. The van der Waals surface area contributed by atoms with Crippen LogP contribution in [-0.4, -0.2) is 49.2 Å². The van der Waals surface area contributed by atoms with E-state index in [0.29, 0.717) is 28.1 Å². The first-order valence-electron chi connectivity index (χ1n) is 9.64. The minimum atomic E-state index is -0.790. The Balaban J connectivity index is 1.57. The first-order valence-corrected chi connectivity index (χ1v) is 10.5. The molecule has 2 aromatic rings. The maximum atomic E-state index is 12.9. The largest absolute Gasteiger partial charge is 0.485 e. The summed E-state index contributed by atoms with van der Waals surface area (Å²) >= 11 is 1.43. The van der Waals surface area contributed by atoms with Crippen LogP contribution < -0.4 is 14.8 Å². The number of hydrogen-bond donors (Lipinski definition) is 1. The summed E-state index contributed by atoms with van der Waals surface area (Å²) < 4.78 is 16.4. The fourth-order valence-corrected chi connectivity index (χ4v) is 4.88. The number of thiophene rings is 1. The van der Waals surface area contributed by atoms with Crippen LogP contribution in [0.1, 0.15) is 34.6 Å². The zero-order chi connectivity index (χ0) is 20.5. The van der Waals surface area contributed by atoms with Gasteiger partial charge in [0.1, 0.15) is 11.6 Å². The SMILES string of the molecule is COC(=O)c1c(NC(=O)C2COc3ccccc3O2)sc2c1CCN(C(C)C)C2. The number of amides is 1. The Morgan fingerprint density at radius 3 is 2.76 bits per heavy atom. The van der Waals surface area contributed by atoms with Gasteiger partial charge in [-0.15, -0.1) is 11.3 Å². The summed E-state index contributed by atoms with van der Waals surface area (Å²) in [4.78, 5) is 28.8. The van der Waals surface area contributed by atoms with E-state index in [4.69, 9.17) is 14.2 Å². The van der Waals surface area contributed by atoms with Gasteiger partial charge in [-0.2, -0.15) is 0 Å². The average molecular weight is 416 g/mol. The molecule has 1 unspecified atom stereocenters. The molecule has 8 heteroatoms. The van der Waals surface area contributed by atoms with Gasteiger partial charge in [0.25, 0.3) is 5.91 Å². The Morgan fingerprint density at radius 1 is 1.28 bits per heavy atom. The molecule has 29 heavy (non-hydrogen) atoms. The number of hydrogen-bond acceptors (Lipinski definition) is 7. The number of rotatable bonds is 4. The third kappa shape index (κ3) is 3.82. The zero-order valence-corrected chi connectivity index (χ0v) is 17.5. The minimum Gasteiger partial charge on any atom is -0.485 e. The molecule has 0 aliphatic carbocycles. The lowest BCUT2D eigenvalue weighted by Crippen LogP contribution is -2.40. The second-order valence-corrected chi connectivity index (χ2v) is 8.47. The van der Waals surface area contributed by atoms with Gasteiger partial charge in [0.2, 0.25) is 6.10 Å². The number of esters is 1. The molecule has 3 heterocycles. The standard InChI is InChI=1S/C21H24N2O5S/c1-12(2)23-9-8-13-17(10-23)29-20(18(13)21(25)26-3)22-19(24)16-11-27-14-6-4-5-7-15(14)28-16/h4-7,12,16H,8-11H2,1-3H3,(H,22,24). The van der Waals surface area contributed by atoms with Crippen LogP contribution in [0.3, 0.4) is 0 Å². The van der Waals surface area contributed by atoms with Crippen LogP contribution in [-0.2, 0) is 22.5 Å². The number of carbonyl (C=O) groups excluding carboxylic acids is 2. The lowest BCUT2D eigenvalue weighted by atomic mass is 10.0. The van der Waals surface area contributed by atoms with Crippen molar-refractivity contribution < 1.29 is 23.8 Å². The summed E-state index contributed by atoms with van der Waals surface area (Å²) in [5, 5.41) is 3.40. The summed E-state index contributed by atoms with van der Waals surface area (Å²) in [7, 11) is 1.36. The van der Waals surface area contributed by atoms with E-state index < -0.39 is 12.1 Å². The molecular weight excluding hydrogens is 392 g/mol. The summed E-state index contributed by atoms with van der Waals surface area (Å²) in [5.74, 6) is 0.378. The predicted molar refractivity (Wildman–Crippen MR) is 110 cm³/mol. The van der Waals surface area contributed by atoms with Gasteiger partial charge in [0, 0.05) is 24.0 Å². The number of ether oxygens (including phenoxy) is 3. The molecule has 1 aromatic carbocycles. The van der Waals surface area contributed by atoms with Crippen molar-refractivity contribution >= 4 is 28.2 Å². The Hall–Kier alpha value is -2.58. The van der Waals surface area contributed by atoms with E-state index in [-0.39, 0.29) is 12.5 Å². The summed E-state index contributed by atoms with van der Waals surface area (Å²) in [6, 6.07) is 7.65. The molecule has 0 saturated heterocycles. The Bertz CT molecular complexity index is 939. The third-order valence-corrected chi connectivity index (χ3v) is 6.38. The van der Waals surface area contributed by atoms with Crippen LogP contribution >= 0.6 is 11.3 Å². The Labute approximate surface area is 173 Å². The smallest absolute Gasteiger partial charge is 0.341 e. The lowest BCUT2D eigenvalue weighted by Gasteiger charge is -2.30. The predicted octanol–water partition coefficient (Wildman–Crippen LogP) is 3.08. The third-order valence-electron chi connectivity index (χ3n) is 5.24. The van der Waals surface area contributed by atoms with Crippen molar-refractivity contribution in [3.05, 3.63) is 40.3 Å². The molecule has 0 fully saturated rings. The number of benzene rings is 1. The second kappa shape index (κ2) is 8.04. The monoisotopic (exact) mass is 416 g/mol. The van der Waals surface area contributed by atoms with Gasteiger partial charge in [-0.25, -0.2) is 4.79 Å². The van der Waals surface area contributed by atoms with Crippen LogP contribution in [0, 0.1) is 0 Å². The van der Waals surface area contributed by atoms with Crippen LogP contribution in [0.15, 0.2) is 24.3 Å². The molecule has 0 spiro atoms. The number of anilines is 1. The highest BCUT2D eigenvalue weighted by Crippen LogP contribution is 2.38. The Kier molecular flexibility index (Phi) is 5.47. The van der Waals surface area contributed by atoms with Crippen molar-refractivity contribution in [1.82, 2.24) is 4.90 Å². The van der Waals surface area contributed by atoms with Crippen molar-refractivity contribution in [3.8, 4) is 11.5 Å².